The lowest BCUT2D eigenvalue weighted by Gasteiger charge is -2.20. The van der Waals surface area contributed by atoms with Gasteiger partial charge >= 0.3 is 0 Å². The van der Waals surface area contributed by atoms with E-state index in [1.54, 1.807) is 12.1 Å². The fourth-order valence-corrected chi connectivity index (χ4v) is 3.49. The molecular formula is C16H11Cl2N3O. The van der Waals surface area contributed by atoms with Crippen molar-refractivity contribution in [3.63, 3.8) is 0 Å². The van der Waals surface area contributed by atoms with E-state index in [-0.39, 0.29) is 5.91 Å². The molecule has 0 aliphatic carbocycles. The molecule has 4 rings (SSSR count). The number of rotatable bonds is 1. The van der Waals surface area contributed by atoms with Gasteiger partial charge < -0.3 is 5.32 Å². The summed E-state index contributed by atoms with van der Waals surface area (Å²) in [6.45, 7) is 0. The van der Waals surface area contributed by atoms with Crippen molar-refractivity contribution in [1.82, 2.24) is 5.43 Å². The van der Waals surface area contributed by atoms with Crippen molar-refractivity contribution in [1.29, 1.82) is 0 Å². The Balaban J connectivity index is 1.74. The lowest BCUT2D eigenvalue weighted by atomic mass is 9.86. The number of halogens is 2. The number of carbonyl (C=O) groups excluding carboxylic acids is 1. The predicted molar refractivity (Wildman–Crippen MR) is 87.5 cm³/mol. The van der Waals surface area contributed by atoms with Crippen molar-refractivity contribution < 1.29 is 4.79 Å². The van der Waals surface area contributed by atoms with Crippen molar-refractivity contribution >= 4 is 40.5 Å². The third-order valence-electron chi connectivity index (χ3n) is 4.08. The number of para-hydroxylation sites is 1. The van der Waals surface area contributed by atoms with Crippen LogP contribution in [0, 0.1) is 0 Å². The molecule has 0 aromatic heterocycles. The van der Waals surface area contributed by atoms with Crippen LogP contribution in [-0.4, -0.2) is 11.6 Å². The molecule has 2 aromatic carbocycles. The lowest BCUT2D eigenvalue weighted by Crippen LogP contribution is -2.42. The zero-order chi connectivity index (χ0) is 15.3. The highest BCUT2D eigenvalue weighted by Gasteiger charge is 2.50. The van der Waals surface area contributed by atoms with Gasteiger partial charge in [-0.1, -0.05) is 47.5 Å². The minimum Gasteiger partial charge on any atom is -0.323 e. The SMILES string of the molecule is O=C1Nc2ccccc2[C@@]12CC(c1ccc(Cl)cc1Cl)=NN2. The van der Waals surface area contributed by atoms with Gasteiger partial charge in [0.15, 0.2) is 5.54 Å². The molecular weight excluding hydrogens is 321 g/mol. The molecule has 0 saturated carbocycles. The molecule has 1 atom stereocenters. The monoisotopic (exact) mass is 331 g/mol. The molecule has 2 aliphatic rings. The molecule has 1 spiro atoms. The molecule has 0 fully saturated rings. The number of fused-ring (bicyclic) bond motifs is 2. The van der Waals surface area contributed by atoms with Crippen LogP contribution < -0.4 is 10.7 Å². The zero-order valence-electron chi connectivity index (χ0n) is 11.4. The average Bonchev–Trinajstić information content (AvgIpc) is 3.04. The van der Waals surface area contributed by atoms with E-state index in [0.717, 1.165) is 22.5 Å². The van der Waals surface area contributed by atoms with Crippen LogP contribution in [0.2, 0.25) is 10.0 Å². The summed E-state index contributed by atoms with van der Waals surface area (Å²) in [6, 6.07) is 12.9. The average molecular weight is 332 g/mol. The van der Waals surface area contributed by atoms with Crippen molar-refractivity contribution in [2.75, 3.05) is 5.32 Å². The Labute approximate surface area is 137 Å². The normalized spacial score (nSPS) is 22.3. The number of benzene rings is 2. The van der Waals surface area contributed by atoms with Crippen LogP contribution in [0.15, 0.2) is 47.6 Å². The Morgan fingerprint density at radius 3 is 2.77 bits per heavy atom. The maximum absolute atomic E-state index is 12.5. The number of amides is 1. The van der Waals surface area contributed by atoms with Gasteiger partial charge in [-0.25, -0.2) is 0 Å². The predicted octanol–water partition coefficient (Wildman–Crippen LogP) is 3.54. The third-order valence-corrected chi connectivity index (χ3v) is 4.63. The number of hydrazone groups is 1. The smallest absolute Gasteiger partial charge is 0.256 e. The van der Waals surface area contributed by atoms with E-state index >= 15 is 0 Å². The Bertz CT molecular complexity index is 834. The van der Waals surface area contributed by atoms with E-state index in [2.05, 4.69) is 15.8 Å². The van der Waals surface area contributed by atoms with Crippen LogP contribution in [0.4, 0.5) is 5.69 Å². The van der Waals surface area contributed by atoms with E-state index in [4.69, 9.17) is 23.2 Å². The zero-order valence-corrected chi connectivity index (χ0v) is 12.9. The number of carbonyl (C=O) groups is 1. The summed E-state index contributed by atoms with van der Waals surface area (Å²) in [5, 5.41) is 8.35. The second kappa shape index (κ2) is 4.73. The van der Waals surface area contributed by atoms with Crippen molar-refractivity contribution in [2.24, 2.45) is 5.10 Å². The van der Waals surface area contributed by atoms with Crippen LogP contribution in [0.5, 0.6) is 0 Å². The van der Waals surface area contributed by atoms with Crippen LogP contribution in [-0.2, 0) is 10.3 Å². The van der Waals surface area contributed by atoms with E-state index in [9.17, 15) is 4.79 Å². The molecule has 0 bridgehead atoms. The highest BCUT2D eigenvalue weighted by molar-refractivity contribution is 6.37. The number of anilines is 1. The quantitative estimate of drug-likeness (QED) is 0.839. The second-order valence-corrected chi connectivity index (χ2v) is 6.22. The molecule has 6 heteroatoms. The summed E-state index contributed by atoms with van der Waals surface area (Å²) >= 11 is 12.2. The van der Waals surface area contributed by atoms with Gasteiger partial charge in [0.25, 0.3) is 5.91 Å². The van der Waals surface area contributed by atoms with Crippen LogP contribution in [0.1, 0.15) is 17.5 Å². The Hall–Kier alpha value is -2.04. The van der Waals surface area contributed by atoms with Crippen molar-refractivity contribution in [3.8, 4) is 0 Å². The van der Waals surface area contributed by atoms with Gasteiger partial charge in [-0.05, 0) is 18.2 Å². The lowest BCUT2D eigenvalue weighted by molar-refractivity contribution is -0.121. The van der Waals surface area contributed by atoms with Gasteiger partial charge in [0, 0.05) is 28.3 Å². The molecule has 0 unspecified atom stereocenters. The molecule has 110 valence electrons. The first kappa shape index (κ1) is 13.6. The Morgan fingerprint density at radius 2 is 1.95 bits per heavy atom. The first-order valence-corrected chi connectivity index (χ1v) is 7.56. The molecule has 2 heterocycles. The van der Waals surface area contributed by atoms with Gasteiger partial charge in [0.2, 0.25) is 0 Å². The second-order valence-electron chi connectivity index (χ2n) is 5.38. The third kappa shape index (κ3) is 1.84. The number of hydrogen-bond acceptors (Lipinski definition) is 3. The summed E-state index contributed by atoms with van der Waals surface area (Å²) in [6.07, 6.45) is 0.442. The van der Waals surface area contributed by atoms with E-state index < -0.39 is 5.54 Å². The highest BCUT2D eigenvalue weighted by Crippen LogP contribution is 2.42. The largest absolute Gasteiger partial charge is 0.323 e. The van der Waals surface area contributed by atoms with Crippen LogP contribution in [0.25, 0.3) is 0 Å². The Morgan fingerprint density at radius 1 is 1.14 bits per heavy atom. The number of hydrogen-bond donors (Lipinski definition) is 2. The summed E-state index contributed by atoms with van der Waals surface area (Å²) < 4.78 is 0. The summed E-state index contributed by atoms with van der Waals surface area (Å²) in [4.78, 5) is 12.5. The summed E-state index contributed by atoms with van der Waals surface area (Å²) in [5.41, 5.74) is 5.41. The number of nitrogens with zero attached hydrogens (tertiary/aromatic N) is 1. The minimum absolute atomic E-state index is 0.0995. The highest BCUT2D eigenvalue weighted by atomic mass is 35.5. The maximum Gasteiger partial charge on any atom is 0.256 e. The van der Waals surface area contributed by atoms with Crippen LogP contribution >= 0.6 is 23.2 Å². The topological polar surface area (TPSA) is 53.5 Å². The van der Waals surface area contributed by atoms with Gasteiger partial charge in [0.1, 0.15) is 0 Å². The summed E-state index contributed by atoms with van der Waals surface area (Å²) in [5.74, 6) is -0.0995. The fraction of sp³-hybridized carbons (Fsp3) is 0.125. The standard InChI is InChI=1S/C16H11Cl2N3O/c17-9-5-6-10(12(18)7-9)14-8-16(21-20-14)11-3-1-2-4-13(11)19-15(16)22/h1-7,21H,8H2,(H,19,22)/t16-/m0/s1. The molecule has 2 aromatic rings. The van der Waals surface area contributed by atoms with Gasteiger partial charge in [0.05, 0.1) is 10.7 Å². The minimum atomic E-state index is -0.852. The molecule has 4 nitrogen and oxygen atoms in total. The van der Waals surface area contributed by atoms with Gasteiger partial charge in [-0.3, -0.25) is 10.2 Å². The van der Waals surface area contributed by atoms with Gasteiger partial charge in [-0.15, -0.1) is 0 Å². The summed E-state index contributed by atoms with van der Waals surface area (Å²) in [7, 11) is 0. The first-order valence-electron chi connectivity index (χ1n) is 6.80. The molecule has 0 saturated heterocycles. The van der Waals surface area contributed by atoms with E-state index in [0.29, 0.717) is 16.5 Å². The molecule has 2 N–H and O–H groups in total. The Kier molecular flexibility index (Phi) is 2.93. The fourth-order valence-electron chi connectivity index (χ4n) is 2.97. The van der Waals surface area contributed by atoms with Crippen LogP contribution in [0.3, 0.4) is 0 Å². The first-order chi connectivity index (χ1) is 10.6. The molecule has 2 aliphatic heterocycles. The van der Waals surface area contributed by atoms with E-state index in [1.807, 2.05) is 30.3 Å². The van der Waals surface area contributed by atoms with Crippen molar-refractivity contribution in [2.45, 2.75) is 12.0 Å². The van der Waals surface area contributed by atoms with E-state index in [1.165, 1.54) is 0 Å². The molecule has 1 amide bonds. The molecule has 22 heavy (non-hydrogen) atoms. The van der Waals surface area contributed by atoms with Crippen molar-refractivity contribution in [3.05, 3.63) is 63.6 Å². The maximum atomic E-state index is 12.5. The van der Waals surface area contributed by atoms with Gasteiger partial charge in [-0.2, -0.15) is 5.10 Å². The molecule has 0 radical (unpaired) electrons. The number of nitrogens with one attached hydrogen (secondary N) is 2.